The molecule has 1 unspecified atom stereocenters. The fraction of sp³-hybridized carbons (Fsp3) is 0.667. The van der Waals surface area contributed by atoms with Crippen LogP contribution in [0.4, 0.5) is 11.8 Å². The second kappa shape index (κ2) is 5.31. The number of hydrogen-bond donors (Lipinski definition) is 2. The standard InChI is InChI=1S/C12H21N5/c1-9(2)17-6-4-10(8-17)7-15-11-3-5-14-12(13)16-11/h3,5,9-10H,4,6-8H2,1-2H3,(H3,13,14,15,16). The van der Waals surface area contributed by atoms with Crippen molar-refractivity contribution in [2.24, 2.45) is 5.92 Å². The van der Waals surface area contributed by atoms with Crippen LogP contribution >= 0.6 is 0 Å². The molecule has 5 heteroatoms. The SMILES string of the molecule is CC(C)N1CCC(CNc2ccnc(N)n2)C1. The highest BCUT2D eigenvalue weighted by molar-refractivity contribution is 5.37. The van der Waals surface area contributed by atoms with Crippen LogP contribution in [0.3, 0.4) is 0 Å². The molecule has 2 heterocycles. The molecule has 0 radical (unpaired) electrons. The van der Waals surface area contributed by atoms with Gasteiger partial charge in [0.05, 0.1) is 0 Å². The van der Waals surface area contributed by atoms with Gasteiger partial charge >= 0.3 is 0 Å². The van der Waals surface area contributed by atoms with Gasteiger partial charge in [-0.2, -0.15) is 4.98 Å². The Morgan fingerprint density at radius 3 is 3.06 bits per heavy atom. The van der Waals surface area contributed by atoms with E-state index in [0.717, 1.165) is 12.4 Å². The van der Waals surface area contributed by atoms with Crippen molar-refractivity contribution in [3.05, 3.63) is 12.3 Å². The number of nitrogen functional groups attached to an aromatic ring is 1. The van der Waals surface area contributed by atoms with E-state index in [1.165, 1.54) is 19.5 Å². The minimum atomic E-state index is 0.324. The zero-order valence-electron chi connectivity index (χ0n) is 10.6. The fourth-order valence-electron chi connectivity index (χ4n) is 2.22. The summed E-state index contributed by atoms with van der Waals surface area (Å²) in [5.74, 6) is 1.85. The number of nitrogens with zero attached hydrogens (tertiary/aromatic N) is 3. The van der Waals surface area contributed by atoms with Crippen LogP contribution in [-0.2, 0) is 0 Å². The first-order chi connectivity index (χ1) is 8.15. The van der Waals surface area contributed by atoms with E-state index in [9.17, 15) is 0 Å². The first-order valence-electron chi connectivity index (χ1n) is 6.21. The lowest BCUT2D eigenvalue weighted by atomic mass is 10.1. The van der Waals surface area contributed by atoms with Crippen LogP contribution in [0, 0.1) is 5.92 Å². The largest absolute Gasteiger partial charge is 0.370 e. The van der Waals surface area contributed by atoms with Gasteiger partial charge in [0.15, 0.2) is 0 Å². The highest BCUT2D eigenvalue weighted by atomic mass is 15.2. The Morgan fingerprint density at radius 1 is 1.59 bits per heavy atom. The second-order valence-electron chi connectivity index (χ2n) is 4.92. The molecule has 0 bridgehead atoms. The molecule has 0 aromatic carbocycles. The number of likely N-dealkylation sites (tertiary alicyclic amines) is 1. The maximum absolute atomic E-state index is 5.53. The fourth-order valence-corrected chi connectivity index (χ4v) is 2.22. The van der Waals surface area contributed by atoms with E-state index in [1.54, 1.807) is 6.20 Å². The van der Waals surface area contributed by atoms with E-state index >= 15 is 0 Å². The minimum absolute atomic E-state index is 0.324. The van der Waals surface area contributed by atoms with Crippen molar-refractivity contribution >= 4 is 11.8 Å². The minimum Gasteiger partial charge on any atom is -0.370 e. The molecule has 0 spiro atoms. The van der Waals surface area contributed by atoms with Gasteiger partial charge in [0.2, 0.25) is 5.95 Å². The van der Waals surface area contributed by atoms with Gasteiger partial charge in [-0.15, -0.1) is 0 Å². The van der Waals surface area contributed by atoms with Gasteiger partial charge in [-0.25, -0.2) is 4.98 Å². The van der Waals surface area contributed by atoms with Gasteiger partial charge in [0.1, 0.15) is 5.82 Å². The van der Waals surface area contributed by atoms with Crippen LogP contribution in [0.25, 0.3) is 0 Å². The molecule has 1 aromatic heterocycles. The quantitative estimate of drug-likeness (QED) is 0.821. The molecule has 0 aliphatic carbocycles. The summed E-state index contributed by atoms with van der Waals surface area (Å²) in [7, 11) is 0. The smallest absolute Gasteiger partial charge is 0.221 e. The summed E-state index contributed by atoms with van der Waals surface area (Å²) >= 11 is 0. The molecule has 3 N–H and O–H groups in total. The second-order valence-corrected chi connectivity index (χ2v) is 4.92. The monoisotopic (exact) mass is 235 g/mol. The number of anilines is 2. The zero-order chi connectivity index (χ0) is 12.3. The van der Waals surface area contributed by atoms with Gasteiger partial charge in [-0.1, -0.05) is 0 Å². The molecule has 1 aromatic rings. The van der Waals surface area contributed by atoms with E-state index in [4.69, 9.17) is 5.73 Å². The van der Waals surface area contributed by atoms with Gasteiger partial charge in [0, 0.05) is 25.3 Å². The van der Waals surface area contributed by atoms with Crippen LogP contribution in [0.2, 0.25) is 0 Å². The van der Waals surface area contributed by atoms with Crippen LogP contribution in [0.15, 0.2) is 12.3 Å². The molecule has 1 aliphatic rings. The highest BCUT2D eigenvalue weighted by Crippen LogP contribution is 2.18. The van der Waals surface area contributed by atoms with Crippen molar-refractivity contribution < 1.29 is 0 Å². The predicted octanol–water partition coefficient (Wildman–Crippen LogP) is 1.20. The molecule has 5 nitrogen and oxygen atoms in total. The summed E-state index contributed by atoms with van der Waals surface area (Å²) in [6.45, 7) is 7.84. The van der Waals surface area contributed by atoms with Gasteiger partial charge in [-0.05, 0) is 38.8 Å². The Kier molecular flexibility index (Phi) is 3.78. The van der Waals surface area contributed by atoms with E-state index in [1.807, 2.05) is 6.07 Å². The summed E-state index contributed by atoms with van der Waals surface area (Å²) in [5, 5.41) is 3.33. The average Bonchev–Trinajstić information content (AvgIpc) is 2.75. The Hall–Kier alpha value is -1.36. The predicted molar refractivity (Wildman–Crippen MR) is 69.8 cm³/mol. The summed E-state index contributed by atoms with van der Waals surface area (Å²) in [5.41, 5.74) is 5.53. The number of hydrogen-bond acceptors (Lipinski definition) is 5. The summed E-state index contributed by atoms with van der Waals surface area (Å²) in [6.07, 6.45) is 2.94. The molecule has 94 valence electrons. The van der Waals surface area contributed by atoms with Crippen LogP contribution < -0.4 is 11.1 Å². The third-order valence-electron chi connectivity index (χ3n) is 3.29. The lowest BCUT2D eigenvalue weighted by molar-refractivity contribution is 0.266. The normalized spacial score (nSPS) is 21.0. The molecule has 1 aliphatic heterocycles. The van der Waals surface area contributed by atoms with E-state index in [2.05, 4.69) is 34.0 Å². The van der Waals surface area contributed by atoms with Crippen molar-refractivity contribution in [1.82, 2.24) is 14.9 Å². The lowest BCUT2D eigenvalue weighted by Gasteiger charge is -2.20. The van der Waals surface area contributed by atoms with E-state index < -0.39 is 0 Å². The van der Waals surface area contributed by atoms with Crippen molar-refractivity contribution in [3.63, 3.8) is 0 Å². The molecule has 2 rings (SSSR count). The number of rotatable bonds is 4. The molecular weight excluding hydrogens is 214 g/mol. The van der Waals surface area contributed by atoms with Crippen LogP contribution in [-0.4, -0.2) is 40.5 Å². The summed E-state index contributed by atoms with van der Waals surface area (Å²) in [4.78, 5) is 10.5. The molecule has 1 saturated heterocycles. The van der Waals surface area contributed by atoms with Gasteiger partial charge < -0.3 is 16.0 Å². The van der Waals surface area contributed by atoms with Crippen molar-refractivity contribution in [2.45, 2.75) is 26.3 Å². The molecule has 1 atom stereocenters. The first kappa shape index (κ1) is 12.1. The zero-order valence-corrected chi connectivity index (χ0v) is 10.6. The lowest BCUT2D eigenvalue weighted by Crippen LogP contribution is -2.29. The van der Waals surface area contributed by atoms with Crippen molar-refractivity contribution in [3.8, 4) is 0 Å². The van der Waals surface area contributed by atoms with Crippen molar-refractivity contribution in [2.75, 3.05) is 30.7 Å². The molecular formula is C12H21N5. The first-order valence-corrected chi connectivity index (χ1v) is 6.21. The van der Waals surface area contributed by atoms with Crippen LogP contribution in [0.1, 0.15) is 20.3 Å². The maximum Gasteiger partial charge on any atom is 0.221 e. The third-order valence-corrected chi connectivity index (χ3v) is 3.29. The molecule has 1 fully saturated rings. The Balaban J connectivity index is 1.80. The van der Waals surface area contributed by atoms with Crippen LogP contribution in [0.5, 0.6) is 0 Å². The van der Waals surface area contributed by atoms with Crippen molar-refractivity contribution in [1.29, 1.82) is 0 Å². The Morgan fingerprint density at radius 2 is 2.41 bits per heavy atom. The van der Waals surface area contributed by atoms with E-state index in [0.29, 0.717) is 17.9 Å². The topological polar surface area (TPSA) is 67.1 Å². The number of nitrogens with two attached hydrogens (primary N) is 1. The average molecular weight is 235 g/mol. The van der Waals surface area contributed by atoms with E-state index in [-0.39, 0.29) is 0 Å². The highest BCUT2D eigenvalue weighted by Gasteiger charge is 2.23. The van der Waals surface area contributed by atoms with Gasteiger partial charge in [-0.3, -0.25) is 0 Å². The molecule has 17 heavy (non-hydrogen) atoms. The maximum atomic E-state index is 5.53. The Bertz CT molecular complexity index is 366. The molecule has 0 saturated carbocycles. The third kappa shape index (κ3) is 3.30. The Labute approximate surface area is 102 Å². The molecule has 0 amide bonds. The number of aromatic nitrogens is 2. The summed E-state index contributed by atoms with van der Waals surface area (Å²) in [6, 6.07) is 2.50. The van der Waals surface area contributed by atoms with Gasteiger partial charge in [0.25, 0.3) is 0 Å². The number of nitrogens with one attached hydrogen (secondary N) is 1. The summed E-state index contributed by atoms with van der Waals surface area (Å²) < 4.78 is 0.